The lowest BCUT2D eigenvalue weighted by Crippen LogP contribution is -2.45. The van der Waals surface area contributed by atoms with Crippen LogP contribution < -0.4 is 9.64 Å². The Labute approximate surface area is 158 Å². The van der Waals surface area contributed by atoms with E-state index < -0.39 is 17.6 Å². The molecule has 0 saturated carbocycles. The summed E-state index contributed by atoms with van der Waals surface area (Å²) in [5.74, 6) is 0.181. The van der Waals surface area contributed by atoms with Gasteiger partial charge in [0.1, 0.15) is 12.4 Å². The first-order valence-corrected chi connectivity index (χ1v) is 8.50. The van der Waals surface area contributed by atoms with Crippen molar-refractivity contribution in [2.45, 2.75) is 19.1 Å². The summed E-state index contributed by atoms with van der Waals surface area (Å²) in [6, 6.07) is 11.6. The van der Waals surface area contributed by atoms with Gasteiger partial charge < -0.3 is 4.74 Å². The molecule has 2 heterocycles. The Balaban J connectivity index is 1.66. The number of para-hydroxylation sites is 2. The molecule has 0 radical (unpaired) electrons. The first-order valence-electron chi connectivity index (χ1n) is 8.50. The van der Waals surface area contributed by atoms with E-state index in [-0.39, 0.29) is 17.4 Å². The number of rotatable bonds is 2. The second-order valence-corrected chi connectivity index (χ2v) is 6.40. The van der Waals surface area contributed by atoms with E-state index in [1.54, 1.807) is 29.2 Å². The first-order chi connectivity index (χ1) is 13.3. The highest BCUT2D eigenvalue weighted by Gasteiger charge is 2.32. The van der Waals surface area contributed by atoms with Gasteiger partial charge in [-0.1, -0.05) is 23.4 Å². The fourth-order valence-electron chi connectivity index (χ4n) is 3.05. The lowest BCUT2D eigenvalue weighted by Gasteiger charge is -2.34. The number of hydrogen-bond acceptors (Lipinski definition) is 4. The number of hydrogen-bond donors (Lipinski definition) is 0. The molecule has 1 aliphatic heterocycles. The van der Waals surface area contributed by atoms with Gasteiger partial charge >= 0.3 is 6.18 Å². The standard InChI is InChI=1S/C19H15F3N4O2/c1-12-11-28-17-8-3-2-7-16(17)26(12)18(27)15-10-25(24-23-15)14-6-4-5-13(9-14)19(20,21)22/h2-10,12H,11H2,1H3. The van der Waals surface area contributed by atoms with Gasteiger partial charge in [-0.2, -0.15) is 13.2 Å². The molecule has 0 fully saturated rings. The van der Waals surface area contributed by atoms with Crippen molar-refractivity contribution in [3.8, 4) is 11.4 Å². The Bertz CT molecular complexity index is 1030. The Hall–Kier alpha value is -3.36. The number of amides is 1. The predicted octanol–water partition coefficient (Wildman–Crippen LogP) is 3.71. The SMILES string of the molecule is CC1COc2ccccc2N1C(=O)c1cn(-c2cccc(C(F)(F)F)c2)nn1. The molecule has 0 N–H and O–H groups in total. The Morgan fingerprint density at radius 1 is 1.18 bits per heavy atom. The molecule has 1 aromatic heterocycles. The smallest absolute Gasteiger partial charge is 0.416 e. The van der Waals surface area contributed by atoms with Gasteiger partial charge in [0, 0.05) is 0 Å². The minimum absolute atomic E-state index is 0.0287. The van der Waals surface area contributed by atoms with E-state index in [1.807, 2.05) is 6.92 Å². The van der Waals surface area contributed by atoms with E-state index in [9.17, 15) is 18.0 Å². The molecule has 144 valence electrons. The topological polar surface area (TPSA) is 60.2 Å². The Morgan fingerprint density at radius 2 is 1.96 bits per heavy atom. The molecule has 4 rings (SSSR count). The number of fused-ring (bicyclic) bond motifs is 1. The zero-order valence-corrected chi connectivity index (χ0v) is 14.7. The van der Waals surface area contributed by atoms with Crippen molar-refractivity contribution in [2.75, 3.05) is 11.5 Å². The van der Waals surface area contributed by atoms with Crippen LogP contribution in [0.4, 0.5) is 18.9 Å². The van der Waals surface area contributed by atoms with Crippen molar-refractivity contribution in [2.24, 2.45) is 0 Å². The number of nitrogens with zero attached hydrogens (tertiary/aromatic N) is 4. The average Bonchev–Trinajstić information content (AvgIpc) is 3.17. The molecule has 0 spiro atoms. The van der Waals surface area contributed by atoms with Crippen LogP contribution in [0.1, 0.15) is 23.0 Å². The highest BCUT2D eigenvalue weighted by molar-refractivity contribution is 6.06. The van der Waals surface area contributed by atoms with Crippen LogP contribution >= 0.6 is 0 Å². The highest BCUT2D eigenvalue weighted by atomic mass is 19.4. The fourth-order valence-corrected chi connectivity index (χ4v) is 3.05. The molecule has 0 bridgehead atoms. The third-order valence-corrected chi connectivity index (χ3v) is 4.41. The maximum Gasteiger partial charge on any atom is 0.416 e. The van der Waals surface area contributed by atoms with Crippen molar-refractivity contribution >= 4 is 11.6 Å². The maximum atomic E-state index is 13.0. The zero-order chi connectivity index (χ0) is 19.9. The number of aromatic nitrogens is 3. The van der Waals surface area contributed by atoms with Gasteiger partial charge in [-0.3, -0.25) is 9.69 Å². The summed E-state index contributed by atoms with van der Waals surface area (Å²) in [7, 11) is 0. The van der Waals surface area contributed by atoms with Crippen molar-refractivity contribution < 1.29 is 22.7 Å². The third-order valence-electron chi connectivity index (χ3n) is 4.41. The van der Waals surface area contributed by atoms with Gasteiger partial charge in [0.05, 0.1) is 29.2 Å². The second-order valence-electron chi connectivity index (χ2n) is 6.40. The van der Waals surface area contributed by atoms with Gasteiger partial charge in [-0.05, 0) is 37.3 Å². The average molecular weight is 388 g/mol. The zero-order valence-electron chi connectivity index (χ0n) is 14.7. The predicted molar refractivity (Wildman–Crippen MR) is 94.6 cm³/mol. The van der Waals surface area contributed by atoms with E-state index in [0.29, 0.717) is 18.0 Å². The number of halogens is 3. The van der Waals surface area contributed by atoms with Crippen molar-refractivity contribution in [3.05, 3.63) is 66.0 Å². The van der Waals surface area contributed by atoms with Gasteiger partial charge in [-0.25, -0.2) is 4.68 Å². The van der Waals surface area contributed by atoms with Crippen LogP contribution in [0.3, 0.4) is 0 Å². The molecule has 1 unspecified atom stereocenters. The van der Waals surface area contributed by atoms with Gasteiger partial charge in [0.2, 0.25) is 0 Å². The monoisotopic (exact) mass is 388 g/mol. The van der Waals surface area contributed by atoms with E-state index in [1.165, 1.54) is 18.3 Å². The molecule has 9 heteroatoms. The number of carbonyl (C=O) groups is 1. The number of alkyl halides is 3. The van der Waals surface area contributed by atoms with E-state index in [2.05, 4.69) is 10.3 Å². The van der Waals surface area contributed by atoms with Crippen molar-refractivity contribution in [3.63, 3.8) is 0 Å². The summed E-state index contributed by atoms with van der Waals surface area (Å²) in [6.45, 7) is 2.16. The molecule has 1 aliphatic rings. The van der Waals surface area contributed by atoms with Crippen LogP contribution in [-0.2, 0) is 6.18 Å². The Morgan fingerprint density at radius 3 is 2.75 bits per heavy atom. The quantitative estimate of drug-likeness (QED) is 0.672. The minimum atomic E-state index is -4.47. The summed E-state index contributed by atoms with van der Waals surface area (Å²) in [4.78, 5) is 14.6. The van der Waals surface area contributed by atoms with E-state index in [0.717, 1.165) is 16.8 Å². The van der Waals surface area contributed by atoms with Crippen molar-refractivity contribution in [1.82, 2.24) is 15.0 Å². The molecule has 28 heavy (non-hydrogen) atoms. The van der Waals surface area contributed by atoms with E-state index in [4.69, 9.17) is 4.74 Å². The lowest BCUT2D eigenvalue weighted by atomic mass is 10.1. The molecule has 0 saturated heterocycles. The molecule has 2 aromatic carbocycles. The molecule has 1 atom stereocenters. The van der Waals surface area contributed by atoms with Crippen LogP contribution in [0, 0.1) is 0 Å². The number of anilines is 1. The lowest BCUT2D eigenvalue weighted by molar-refractivity contribution is -0.137. The van der Waals surface area contributed by atoms with E-state index >= 15 is 0 Å². The van der Waals surface area contributed by atoms with Gasteiger partial charge in [-0.15, -0.1) is 5.10 Å². The van der Waals surface area contributed by atoms with Crippen molar-refractivity contribution in [1.29, 1.82) is 0 Å². The third kappa shape index (κ3) is 3.19. The summed E-state index contributed by atoms with van der Waals surface area (Å²) >= 11 is 0. The van der Waals surface area contributed by atoms with Gasteiger partial charge in [0.25, 0.3) is 5.91 Å². The summed E-state index contributed by atoms with van der Waals surface area (Å²) in [5, 5.41) is 7.69. The second kappa shape index (κ2) is 6.66. The molecule has 3 aromatic rings. The summed E-state index contributed by atoms with van der Waals surface area (Å²) in [5.41, 5.74) is 0.00161. The van der Waals surface area contributed by atoms with Crippen LogP contribution in [0.15, 0.2) is 54.7 Å². The summed E-state index contributed by atoms with van der Waals surface area (Å²) in [6.07, 6.45) is -3.15. The molecule has 1 amide bonds. The molecular formula is C19H15F3N4O2. The fraction of sp³-hybridized carbons (Fsp3) is 0.211. The van der Waals surface area contributed by atoms with Crippen LogP contribution in [0.25, 0.3) is 5.69 Å². The molecule has 6 nitrogen and oxygen atoms in total. The maximum absolute atomic E-state index is 13.0. The van der Waals surface area contributed by atoms with Crippen LogP contribution in [0.5, 0.6) is 5.75 Å². The molecular weight excluding hydrogens is 373 g/mol. The Kier molecular flexibility index (Phi) is 4.29. The largest absolute Gasteiger partial charge is 0.489 e. The number of carbonyl (C=O) groups excluding carboxylic acids is 1. The summed E-state index contributed by atoms with van der Waals surface area (Å²) < 4.78 is 45.6. The minimum Gasteiger partial charge on any atom is -0.489 e. The number of ether oxygens (including phenoxy) is 1. The van der Waals surface area contributed by atoms with Gasteiger partial charge in [0.15, 0.2) is 5.69 Å². The number of benzene rings is 2. The van der Waals surface area contributed by atoms with Crippen LogP contribution in [0.2, 0.25) is 0 Å². The first kappa shape index (κ1) is 18.0. The molecule has 0 aliphatic carbocycles. The van der Waals surface area contributed by atoms with Crippen LogP contribution in [-0.4, -0.2) is 33.5 Å². The highest BCUT2D eigenvalue weighted by Crippen LogP contribution is 2.34. The normalized spacial score (nSPS) is 16.4.